The predicted molar refractivity (Wildman–Crippen MR) is 112 cm³/mol. The van der Waals surface area contributed by atoms with Gasteiger partial charge in [-0.3, -0.25) is 9.36 Å². The van der Waals surface area contributed by atoms with Gasteiger partial charge in [-0.05, 0) is 49.6 Å². The number of amides is 1. The van der Waals surface area contributed by atoms with E-state index in [1.165, 1.54) is 23.9 Å². The molecule has 7 heteroatoms. The van der Waals surface area contributed by atoms with Crippen LogP contribution in [0.4, 0.5) is 4.39 Å². The van der Waals surface area contributed by atoms with E-state index >= 15 is 0 Å². The maximum Gasteiger partial charge on any atom is 0.235 e. The minimum absolute atomic E-state index is 0.144. The molecule has 0 bridgehead atoms. The van der Waals surface area contributed by atoms with Gasteiger partial charge in [-0.25, -0.2) is 4.39 Å². The van der Waals surface area contributed by atoms with E-state index in [0.29, 0.717) is 17.5 Å². The molecule has 1 atom stereocenters. The minimum Gasteiger partial charge on any atom is -0.342 e. The molecule has 29 heavy (non-hydrogen) atoms. The Morgan fingerprint density at radius 3 is 2.45 bits per heavy atom. The zero-order valence-corrected chi connectivity index (χ0v) is 17.1. The summed E-state index contributed by atoms with van der Waals surface area (Å²) in [6.07, 6.45) is 2.14. The quantitative estimate of drug-likeness (QED) is 0.571. The third-order valence-corrected chi connectivity index (χ3v) is 6.12. The Balaban J connectivity index is 1.63. The van der Waals surface area contributed by atoms with Crippen molar-refractivity contribution in [2.45, 2.75) is 36.7 Å². The molecule has 0 N–H and O–H groups in total. The average molecular weight is 411 g/mol. The standard InChI is InChI=1S/C22H23FN4OS/c1-16(21(28)26-13-5-6-14-26)29-22-25-24-20(18-9-11-19(23)12-10-18)27(22)15-17-7-3-2-4-8-17/h2-4,7-12,16H,5-6,13-15H2,1H3. The van der Waals surface area contributed by atoms with Crippen molar-refractivity contribution in [3.05, 3.63) is 66.0 Å². The first-order chi connectivity index (χ1) is 14.1. The monoisotopic (exact) mass is 410 g/mol. The van der Waals surface area contributed by atoms with E-state index in [0.717, 1.165) is 37.1 Å². The van der Waals surface area contributed by atoms with Crippen LogP contribution in [0.15, 0.2) is 59.8 Å². The molecule has 1 aliphatic rings. The minimum atomic E-state index is -0.290. The van der Waals surface area contributed by atoms with Crippen LogP contribution in [0.1, 0.15) is 25.3 Å². The van der Waals surface area contributed by atoms with Crippen molar-refractivity contribution >= 4 is 17.7 Å². The number of rotatable bonds is 6. The molecule has 0 spiro atoms. The fourth-order valence-electron chi connectivity index (χ4n) is 3.50. The van der Waals surface area contributed by atoms with Crippen molar-refractivity contribution in [1.29, 1.82) is 0 Å². The smallest absolute Gasteiger partial charge is 0.235 e. The molecule has 1 fully saturated rings. The third-order valence-electron chi connectivity index (χ3n) is 5.05. The second kappa shape index (κ2) is 8.78. The van der Waals surface area contributed by atoms with Gasteiger partial charge in [0.15, 0.2) is 11.0 Å². The van der Waals surface area contributed by atoms with E-state index in [1.807, 2.05) is 46.7 Å². The lowest BCUT2D eigenvalue weighted by molar-refractivity contribution is -0.129. The zero-order valence-electron chi connectivity index (χ0n) is 16.3. The number of carbonyl (C=O) groups excluding carboxylic acids is 1. The first-order valence-corrected chi connectivity index (χ1v) is 10.7. The van der Waals surface area contributed by atoms with Crippen LogP contribution in [-0.2, 0) is 11.3 Å². The van der Waals surface area contributed by atoms with Gasteiger partial charge in [0.1, 0.15) is 5.82 Å². The Kier molecular flexibility index (Phi) is 5.94. The lowest BCUT2D eigenvalue weighted by Crippen LogP contribution is -2.34. The van der Waals surface area contributed by atoms with Crippen molar-refractivity contribution in [2.75, 3.05) is 13.1 Å². The van der Waals surface area contributed by atoms with Gasteiger partial charge in [-0.2, -0.15) is 0 Å². The fraction of sp³-hybridized carbons (Fsp3) is 0.318. The lowest BCUT2D eigenvalue weighted by Gasteiger charge is -2.20. The summed E-state index contributed by atoms with van der Waals surface area (Å²) >= 11 is 1.43. The lowest BCUT2D eigenvalue weighted by atomic mass is 10.2. The molecule has 2 heterocycles. The summed E-state index contributed by atoms with van der Waals surface area (Å²) < 4.78 is 15.4. The van der Waals surface area contributed by atoms with Gasteiger partial charge in [-0.15, -0.1) is 10.2 Å². The molecule has 0 saturated carbocycles. The van der Waals surface area contributed by atoms with Crippen LogP contribution in [0.2, 0.25) is 0 Å². The number of nitrogens with zero attached hydrogens (tertiary/aromatic N) is 4. The van der Waals surface area contributed by atoms with Crippen LogP contribution in [0, 0.1) is 5.82 Å². The van der Waals surface area contributed by atoms with Gasteiger partial charge in [0.25, 0.3) is 0 Å². The molecule has 3 aromatic rings. The van der Waals surface area contributed by atoms with E-state index in [2.05, 4.69) is 10.2 Å². The van der Waals surface area contributed by atoms with E-state index in [9.17, 15) is 9.18 Å². The summed E-state index contributed by atoms with van der Waals surface area (Å²) in [7, 11) is 0. The number of thioether (sulfide) groups is 1. The highest BCUT2D eigenvalue weighted by Crippen LogP contribution is 2.29. The molecule has 0 radical (unpaired) electrons. The van der Waals surface area contributed by atoms with E-state index in [1.54, 1.807) is 12.1 Å². The number of carbonyl (C=O) groups is 1. The highest BCUT2D eigenvalue weighted by molar-refractivity contribution is 8.00. The first-order valence-electron chi connectivity index (χ1n) is 9.80. The van der Waals surface area contributed by atoms with Crippen LogP contribution in [-0.4, -0.2) is 43.9 Å². The molecule has 0 aliphatic carbocycles. The Labute approximate surface area is 173 Å². The number of aromatic nitrogens is 3. The van der Waals surface area contributed by atoms with Crippen LogP contribution in [0.3, 0.4) is 0 Å². The first kappa shape index (κ1) is 19.6. The van der Waals surface area contributed by atoms with Crippen LogP contribution in [0.25, 0.3) is 11.4 Å². The Bertz CT molecular complexity index is 968. The summed E-state index contributed by atoms with van der Waals surface area (Å²) in [5, 5.41) is 9.18. The van der Waals surface area contributed by atoms with Gasteiger partial charge >= 0.3 is 0 Å². The highest BCUT2D eigenvalue weighted by Gasteiger charge is 2.26. The number of halogens is 1. The molecule has 1 amide bonds. The Morgan fingerprint density at radius 2 is 1.76 bits per heavy atom. The molecule has 150 valence electrons. The van der Waals surface area contributed by atoms with E-state index < -0.39 is 0 Å². The molecular formula is C22H23FN4OS. The number of hydrogen-bond acceptors (Lipinski definition) is 4. The molecule has 1 saturated heterocycles. The highest BCUT2D eigenvalue weighted by atomic mass is 32.2. The van der Waals surface area contributed by atoms with Crippen molar-refractivity contribution in [2.24, 2.45) is 0 Å². The van der Waals surface area contributed by atoms with Gasteiger partial charge < -0.3 is 4.90 Å². The second-order valence-corrected chi connectivity index (χ2v) is 8.49. The average Bonchev–Trinajstić information content (AvgIpc) is 3.40. The Hall–Kier alpha value is -2.67. The van der Waals surface area contributed by atoms with Gasteiger partial charge in [-0.1, -0.05) is 42.1 Å². The Morgan fingerprint density at radius 1 is 1.07 bits per heavy atom. The van der Waals surface area contributed by atoms with Crippen molar-refractivity contribution in [3.8, 4) is 11.4 Å². The maximum atomic E-state index is 13.4. The van der Waals surface area contributed by atoms with Crippen molar-refractivity contribution in [3.63, 3.8) is 0 Å². The van der Waals surface area contributed by atoms with Crippen LogP contribution in [0.5, 0.6) is 0 Å². The largest absolute Gasteiger partial charge is 0.342 e. The molecule has 5 nitrogen and oxygen atoms in total. The summed E-state index contributed by atoms with van der Waals surface area (Å²) in [6.45, 7) is 4.17. The molecule has 1 unspecified atom stereocenters. The van der Waals surface area contributed by atoms with Gasteiger partial charge in [0.2, 0.25) is 5.91 Å². The summed E-state index contributed by atoms with van der Waals surface area (Å²) in [6, 6.07) is 16.3. The molecule has 1 aromatic heterocycles. The SMILES string of the molecule is CC(Sc1nnc(-c2ccc(F)cc2)n1Cc1ccccc1)C(=O)N1CCCC1. The number of likely N-dealkylation sites (tertiary alicyclic amines) is 1. The van der Waals surface area contributed by atoms with E-state index in [-0.39, 0.29) is 17.0 Å². The molecular weight excluding hydrogens is 387 g/mol. The number of hydrogen-bond donors (Lipinski definition) is 0. The normalized spacial score (nSPS) is 14.9. The zero-order chi connectivity index (χ0) is 20.2. The van der Waals surface area contributed by atoms with Crippen molar-refractivity contribution in [1.82, 2.24) is 19.7 Å². The summed E-state index contributed by atoms with van der Waals surface area (Å²) in [4.78, 5) is 14.7. The topological polar surface area (TPSA) is 51.0 Å². The molecule has 1 aliphatic heterocycles. The summed E-state index contributed by atoms with van der Waals surface area (Å²) in [5.41, 5.74) is 1.90. The summed E-state index contributed by atoms with van der Waals surface area (Å²) in [5.74, 6) is 0.518. The second-order valence-electron chi connectivity index (χ2n) is 7.18. The van der Waals surface area contributed by atoms with Crippen LogP contribution >= 0.6 is 11.8 Å². The predicted octanol–water partition coefficient (Wildman–Crippen LogP) is 4.24. The third kappa shape index (κ3) is 4.50. The van der Waals surface area contributed by atoms with Gasteiger partial charge in [0.05, 0.1) is 11.8 Å². The van der Waals surface area contributed by atoms with Gasteiger partial charge in [0, 0.05) is 18.7 Å². The van der Waals surface area contributed by atoms with Crippen molar-refractivity contribution < 1.29 is 9.18 Å². The molecule has 4 rings (SSSR count). The maximum absolute atomic E-state index is 13.4. The fourth-order valence-corrected chi connectivity index (χ4v) is 4.43. The van der Waals surface area contributed by atoms with Crippen LogP contribution < -0.4 is 0 Å². The number of benzene rings is 2. The molecule has 2 aromatic carbocycles. The van der Waals surface area contributed by atoms with E-state index in [4.69, 9.17) is 0 Å².